The number of thiophene rings is 1. The number of hydrogen-bond donors (Lipinski definition) is 2. The lowest BCUT2D eigenvalue weighted by atomic mass is 10.2. The molecular weight excluding hydrogens is 330 g/mol. The van der Waals surface area contributed by atoms with Crippen molar-refractivity contribution >= 4 is 45.0 Å². The molecule has 0 unspecified atom stereocenters. The van der Waals surface area contributed by atoms with Crippen molar-refractivity contribution in [3.05, 3.63) is 46.6 Å². The first-order chi connectivity index (χ1) is 11.5. The molecule has 7 nitrogen and oxygen atoms in total. The molecule has 122 valence electrons. The molecule has 0 saturated carbocycles. The van der Waals surface area contributed by atoms with Gasteiger partial charge in [-0.05, 0) is 36.8 Å². The van der Waals surface area contributed by atoms with Crippen LogP contribution in [0.25, 0.3) is 10.2 Å². The van der Waals surface area contributed by atoms with Gasteiger partial charge in [0.15, 0.2) is 0 Å². The number of benzene rings is 1. The summed E-state index contributed by atoms with van der Waals surface area (Å²) in [4.78, 5) is 32.3. The fourth-order valence-electron chi connectivity index (χ4n) is 2.29. The zero-order valence-corrected chi connectivity index (χ0v) is 13.7. The molecule has 3 aromatic rings. The summed E-state index contributed by atoms with van der Waals surface area (Å²) in [6, 6.07) is 6.31. The van der Waals surface area contributed by atoms with Crippen LogP contribution in [0.4, 0.5) is 11.5 Å². The Morgan fingerprint density at radius 3 is 2.54 bits per heavy atom. The minimum atomic E-state index is -0.984. The number of aromatic nitrogens is 2. The first-order valence-electron chi connectivity index (χ1n) is 6.94. The first kappa shape index (κ1) is 15.9. The molecule has 2 N–H and O–H groups in total. The number of anilines is 2. The number of methoxy groups -OCH3 is 1. The summed E-state index contributed by atoms with van der Waals surface area (Å²) in [6.45, 7) is 1.81. The first-order valence-corrected chi connectivity index (χ1v) is 7.75. The van der Waals surface area contributed by atoms with Crippen molar-refractivity contribution in [2.75, 3.05) is 12.4 Å². The summed E-state index contributed by atoms with van der Waals surface area (Å²) >= 11 is 1.24. The lowest BCUT2D eigenvalue weighted by Crippen LogP contribution is -2.00. The number of carbonyl (C=O) groups is 2. The summed E-state index contributed by atoms with van der Waals surface area (Å²) in [5, 5.41) is 12.8. The van der Waals surface area contributed by atoms with Crippen LogP contribution in [0.5, 0.6) is 0 Å². The minimum Gasteiger partial charge on any atom is -0.478 e. The van der Waals surface area contributed by atoms with E-state index in [-0.39, 0.29) is 5.56 Å². The van der Waals surface area contributed by atoms with Gasteiger partial charge in [0, 0.05) is 5.69 Å². The molecule has 24 heavy (non-hydrogen) atoms. The SMILES string of the molecule is COC(=O)c1sc2ncnc(Nc3ccc(C(=O)O)cc3)c2c1C. The van der Waals surface area contributed by atoms with Crippen molar-refractivity contribution in [3.8, 4) is 0 Å². The Morgan fingerprint density at radius 1 is 1.21 bits per heavy atom. The monoisotopic (exact) mass is 343 g/mol. The topological polar surface area (TPSA) is 101 Å². The number of fused-ring (bicyclic) bond motifs is 1. The van der Waals surface area contributed by atoms with Crippen LogP contribution in [0.15, 0.2) is 30.6 Å². The highest BCUT2D eigenvalue weighted by Gasteiger charge is 2.19. The Balaban J connectivity index is 2.02. The summed E-state index contributed by atoms with van der Waals surface area (Å²) in [7, 11) is 1.33. The molecule has 0 aliphatic heterocycles. The third-order valence-electron chi connectivity index (χ3n) is 3.49. The van der Waals surface area contributed by atoms with Gasteiger partial charge in [-0.2, -0.15) is 0 Å². The molecule has 0 atom stereocenters. The zero-order valence-electron chi connectivity index (χ0n) is 12.9. The quantitative estimate of drug-likeness (QED) is 0.701. The van der Waals surface area contributed by atoms with Gasteiger partial charge in [-0.3, -0.25) is 0 Å². The Bertz CT molecular complexity index is 934. The number of ether oxygens (including phenoxy) is 1. The molecule has 8 heteroatoms. The van der Waals surface area contributed by atoms with Gasteiger partial charge in [-0.25, -0.2) is 19.6 Å². The molecule has 2 heterocycles. The number of aryl methyl sites for hydroxylation is 1. The Kier molecular flexibility index (Phi) is 4.13. The number of rotatable bonds is 4. The number of nitrogens with one attached hydrogen (secondary N) is 1. The molecule has 0 radical (unpaired) electrons. The van der Waals surface area contributed by atoms with Crippen LogP contribution in [-0.4, -0.2) is 34.1 Å². The second kappa shape index (κ2) is 6.25. The maximum Gasteiger partial charge on any atom is 0.348 e. The van der Waals surface area contributed by atoms with Crippen molar-refractivity contribution in [2.45, 2.75) is 6.92 Å². The molecular formula is C16H13N3O4S. The molecule has 2 aromatic heterocycles. The minimum absolute atomic E-state index is 0.202. The summed E-state index contributed by atoms with van der Waals surface area (Å²) in [6.07, 6.45) is 1.41. The van der Waals surface area contributed by atoms with Gasteiger partial charge in [0.05, 0.1) is 18.1 Å². The van der Waals surface area contributed by atoms with E-state index in [1.54, 1.807) is 12.1 Å². The average molecular weight is 343 g/mol. The number of hydrogen-bond acceptors (Lipinski definition) is 7. The van der Waals surface area contributed by atoms with E-state index < -0.39 is 11.9 Å². The summed E-state index contributed by atoms with van der Waals surface area (Å²) < 4.78 is 4.79. The number of aromatic carboxylic acids is 1. The maximum absolute atomic E-state index is 11.8. The van der Waals surface area contributed by atoms with Gasteiger partial charge in [-0.15, -0.1) is 11.3 Å². The number of carbonyl (C=O) groups excluding carboxylic acids is 1. The van der Waals surface area contributed by atoms with E-state index >= 15 is 0 Å². The zero-order chi connectivity index (χ0) is 17.3. The summed E-state index contributed by atoms with van der Waals surface area (Å²) in [5.41, 5.74) is 1.63. The molecule has 0 fully saturated rings. The fraction of sp³-hybridized carbons (Fsp3) is 0.125. The normalized spacial score (nSPS) is 10.6. The molecule has 0 bridgehead atoms. The predicted molar refractivity (Wildman–Crippen MR) is 90.2 cm³/mol. The second-order valence-corrected chi connectivity index (χ2v) is 5.96. The Hall–Kier alpha value is -3.00. The highest BCUT2D eigenvalue weighted by atomic mass is 32.1. The van der Waals surface area contributed by atoms with Gasteiger partial charge in [0.2, 0.25) is 0 Å². The van der Waals surface area contributed by atoms with Crippen molar-refractivity contribution in [2.24, 2.45) is 0 Å². The van der Waals surface area contributed by atoms with Gasteiger partial charge in [0.1, 0.15) is 21.9 Å². The molecule has 0 saturated heterocycles. The van der Waals surface area contributed by atoms with Crippen molar-refractivity contribution < 1.29 is 19.4 Å². The van der Waals surface area contributed by atoms with E-state index in [4.69, 9.17) is 9.84 Å². The van der Waals surface area contributed by atoms with Crippen LogP contribution in [0, 0.1) is 6.92 Å². The molecule has 1 aromatic carbocycles. The second-order valence-electron chi connectivity index (χ2n) is 4.96. The third kappa shape index (κ3) is 2.79. The van der Waals surface area contributed by atoms with E-state index in [1.165, 1.54) is 36.9 Å². The highest BCUT2D eigenvalue weighted by molar-refractivity contribution is 7.20. The molecule has 0 aliphatic rings. The standard InChI is InChI=1S/C16H13N3O4S/c1-8-11-13(19-10-5-3-9(4-6-10)15(20)21)17-7-18-14(11)24-12(8)16(22)23-2/h3-7H,1-2H3,(H,20,21)(H,17,18,19). The van der Waals surface area contributed by atoms with E-state index in [9.17, 15) is 9.59 Å². The molecule has 0 amide bonds. The smallest absolute Gasteiger partial charge is 0.348 e. The molecule has 0 aliphatic carbocycles. The number of carboxylic acid groups (broad SMARTS) is 1. The van der Waals surface area contributed by atoms with Crippen LogP contribution >= 0.6 is 11.3 Å². The maximum atomic E-state index is 11.8. The van der Waals surface area contributed by atoms with Crippen molar-refractivity contribution in [1.82, 2.24) is 9.97 Å². The van der Waals surface area contributed by atoms with Gasteiger partial charge >= 0.3 is 11.9 Å². The third-order valence-corrected chi connectivity index (χ3v) is 4.67. The molecule has 3 rings (SSSR count). The van der Waals surface area contributed by atoms with E-state index in [1.807, 2.05) is 6.92 Å². The van der Waals surface area contributed by atoms with Crippen LogP contribution in [0.2, 0.25) is 0 Å². The Labute approximate surface area is 140 Å². The molecule has 0 spiro atoms. The van der Waals surface area contributed by atoms with Crippen LogP contribution in [0.1, 0.15) is 25.6 Å². The van der Waals surface area contributed by atoms with Gasteiger partial charge < -0.3 is 15.2 Å². The average Bonchev–Trinajstić information content (AvgIpc) is 2.92. The lowest BCUT2D eigenvalue weighted by Gasteiger charge is -2.07. The predicted octanol–water partition coefficient (Wildman–Crippen LogP) is 3.23. The highest BCUT2D eigenvalue weighted by Crippen LogP contribution is 2.34. The lowest BCUT2D eigenvalue weighted by molar-refractivity contribution is 0.0604. The van der Waals surface area contributed by atoms with E-state index in [0.717, 1.165) is 10.9 Å². The van der Waals surface area contributed by atoms with Gasteiger partial charge in [0.25, 0.3) is 0 Å². The fourth-order valence-corrected chi connectivity index (χ4v) is 3.35. The number of carboxylic acids is 1. The van der Waals surface area contributed by atoms with E-state index in [0.29, 0.717) is 21.2 Å². The van der Waals surface area contributed by atoms with Crippen LogP contribution in [-0.2, 0) is 4.74 Å². The van der Waals surface area contributed by atoms with Crippen LogP contribution in [0.3, 0.4) is 0 Å². The largest absolute Gasteiger partial charge is 0.478 e. The summed E-state index contributed by atoms with van der Waals surface area (Å²) in [5.74, 6) is -0.846. The van der Waals surface area contributed by atoms with Crippen molar-refractivity contribution in [3.63, 3.8) is 0 Å². The Morgan fingerprint density at radius 2 is 1.92 bits per heavy atom. The van der Waals surface area contributed by atoms with Crippen LogP contribution < -0.4 is 5.32 Å². The van der Waals surface area contributed by atoms with E-state index in [2.05, 4.69) is 15.3 Å². The number of esters is 1. The van der Waals surface area contributed by atoms with Gasteiger partial charge in [-0.1, -0.05) is 0 Å². The van der Waals surface area contributed by atoms with Crippen molar-refractivity contribution in [1.29, 1.82) is 0 Å². The number of nitrogens with zero attached hydrogens (tertiary/aromatic N) is 2.